The number of carbonyl (C=O) groups excluding carboxylic acids is 2. The van der Waals surface area contributed by atoms with Gasteiger partial charge >= 0.3 is 6.03 Å². The first kappa shape index (κ1) is 30.4. The first-order chi connectivity index (χ1) is 22.6. The van der Waals surface area contributed by atoms with Gasteiger partial charge in [0.1, 0.15) is 11.1 Å². The van der Waals surface area contributed by atoms with Crippen molar-refractivity contribution in [3.63, 3.8) is 0 Å². The number of nitriles is 1. The average molecular weight is 662 g/mol. The number of amides is 3. The Hall–Kier alpha value is -4.27. The third kappa shape index (κ3) is 6.50. The maximum atomic E-state index is 13.7. The number of hydrogen-bond donors (Lipinski definition) is 2. The van der Waals surface area contributed by atoms with Crippen molar-refractivity contribution in [2.24, 2.45) is 0 Å². The van der Waals surface area contributed by atoms with Gasteiger partial charge in [-0.05, 0) is 47.9 Å². The molecule has 0 saturated heterocycles. The number of hydrogen-bond acceptors (Lipinski definition) is 7. The Labute approximate surface area is 281 Å². The number of urea groups is 1. The van der Waals surface area contributed by atoms with Crippen LogP contribution >= 0.6 is 34.9 Å². The summed E-state index contributed by atoms with van der Waals surface area (Å²) >= 11 is 4.67. The second-order valence-corrected chi connectivity index (χ2v) is 14.6. The first-order valence-electron chi connectivity index (χ1n) is 15.1. The van der Waals surface area contributed by atoms with E-state index in [-0.39, 0.29) is 29.0 Å². The molecule has 3 amide bonds. The van der Waals surface area contributed by atoms with E-state index in [0.29, 0.717) is 16.3 Å². The van der Waals surface area contributed by atoms with Crippen LogP contribution in [0.25, 0.3) is 0 Å². The molecule has 0 fully saturated rings. The molecule has 2 atom stereocenters. The van der Waals surface area contributed by atoms with E-state index in [1.165, 1.54) is 28.7 Å². The normalized spacial score (nSPS) is 18.2. The number of nitrogens with one attached hydrogen (secondary N) is 2. The Kier molecular flexibility index (Phi) is 8.99. The lowest BCUT2D eigenvalue weighted by Gasteiger charge is -2.40. The lowest BCUT2D eigenvalue weighted by Crippen LogP contribution is -2.49. The predicted molar refractivity (Wildman–Crippen MR) is 189 cm³/mol. The van der Waals surface area contributed by atoms with Crippen LogP contribution in [-0.2, 0) is 24.3 Å². The van der Waals surface area contributed by atoms with Gasteiger partial charge < -0.3 is 10.6 Å². The molecular weight excluding hydrogens is 631 g/mol. The van der Waals surface area contributed by atoms with Gasteiger partial charge in [0.2, 0.25) is 5.91 Å². The largest absolute Gasteiger partial charge is 0.326 e. The second-order valence-electron chi connectivity index (χ2n) is 11.2. The molecule has 3 aromatic carbocycles. The number of thioether (sulfide) groups is 2. The SMILES string of the molecule is N#Cc1c(NC(=O)CSc2cccc(NC(=O)N3c4ccccc4SC4C=CC=CC43)c2)sc2c1CCN(Cc1ccccc1)C2. The van der Waals surface area contributed by atoms with Crippen LogP contribution in [0.1, 0.15) is 21.6 Å². The van der Waals surface area contributed by atoms with Gasteiger partial charge in [-0.3, -0.25) is 14.6 Å². The number of para-hydroxylation sites is 1. The maximum absolute atomic E-state index is 13.7. The lowest BCUT2D eigenvalue weighted by atomic mass is 10.0. The Morgan fingerprint density at radius 2 is 1.80 bits per heavy atom. The minimum Gasteiger partial charge on any atom is -0.316 e. The van der Waals surface area contributed by atoms with Crippen molar-refractivity contribution < 1.29 is 9.59 Å². The molecule has 7 rings (SSSR count). The fourth-order valence-corrected chi connectivity index (χ4v) is 9.29. The first-order valence-corrected chi connectivity index (χ1v) is 17.8. The summed E-state index contributed by atoms with van der Waals surface area (Å²) in [5.74, 6) is 0.0176. The smallest absolute Gasteiger partial charge is 0.316 e. The lowest BCUT2D eigenvalue weighted by molar-refractivity contribution is -0.113. The van der Waals surface area contributed by atoms with E-state index in [4.69, 9.17) is 0 Å². The molecule has 0 saturated carbocycles. The maximum Gasteiger partial charge on any atom is 0.326 e. The van der Waals surface area contributed by atoms with Gasteiger partial charge in [-0.15, -0.1) is 34.9 Å². The molecule has 3 heterocycles. The molecule has 2 aliphatic heterocycles. The minimum absolute atomic E-state index is 0.0840. The van der Waals surface area contributed by atoms with Crippen LogP contribution < -0.4 is 15.5 Å². The number of allylic oxidation sites excluding steroid dienone is 2. The number of fused-ring (bicyclic) bond motifs is 3. The zero-order valence-electron chi connectivity index (χ0n) is 24.9. The molecule has 1 aliphatic carbocycles. The molecule has 7 nitrogen and oxygen atoms in total. The highest BCUT2D eigenvalue weighted by Gasteiger charge is 2.36. The average Bonchev–Trinajstić information content (AvgIpc) is 3.42. The molecule has 230 valence electrons. The Morgan fingerprint density at radius 3 is 2.67 bits per heavy atom. The van der Waals surface area contributed by atoms with Crippen molar-refractivity contribution in [2.45, 2.75) is 40.6 Å². The quantitative estimate of drug-likeness (QED) is 0.196. The van der Waals surface area contributed by atoms with Crippen molar-refractivity contribution in [1.29, 1.82) is 5.26 Å². The summed E-state index contributed by atoms with van der Waals surface area (Å²) in [6.07, 6.45) is 9.02. The number of anilines is 3. The van der Waals surface area contributed by atoms with Crippen molar-refractivity contribution >= 4 is 63.2 Å². The van der Waals surface area contributed by atoms with E-state index < -0.39 is 0 Å². The van der Waals surface area contributed by atoms with Crippen molar-refractivity contribution in [1.82, 2.24) is 4.90 Å². The van der Waals surface area contributed by atoms with Crippen LogP contribution in [0.2, 0.25) is 0 Å². The van der Waals surface area contributed by atoms with E-state index in [0.717, 1.165) is 52.0 Å². The summed E-state index contributed by atoms with van der Waals surface area (Å²) in [6, 6.07) is 28.0. The molecule has 0 radical (unpaired) electrons. The summed E-state index contributed by atoms with van der Waals surface area (Å²) in [5.41, 5.74) is 4.47. The summed E-state index contributed by atoms with van der Waals surface area (Å²) in [4.78, 5) is 34.0. The zero-order valence-corrected chi connectivity index (χ0v) is 27.3. The third-order valence-electron chi connectivity index (χ3n) is 8.17. The highest BCUT2D eigenvalue weighted by Crippen LogP contribution is 2.44. The van der Waals surface area contributed by atoms with E-state index >= 15 is 0 Å². The van der Waals surface area contributed by atoms with Gasteiger partial charge in [0.05, 0.1) is 28.3 Å². The molecular formula is C36H31N5O2S3. The Morgan fingerprint density at radius 1 is 0.978 bits per heavy atom. The second kappa shape index (κ2) is 13.6. The Bertz CT molecular complexity index is 1880. The number of nitrogens with zero attached hydrogens (tertiary/aromatic N) is 3. The summed E-state index contributed by atoms with van der Waals surface area (Å²) in [5, 5.41) is 16.8. The number of carbonyl (C=O) groups is 2. The van der Waals surface area contributed by atoms with Crippen LogP contribution in [0.4, 0.5) is 21.2 Å². The number of rotatable bonds is 7. The van der Waals surface area contributed by atoms with E-state index in [9.17, 15) is 14.9 Å². The summed E-state index contributed by atoms with van der Waals surface area (Å²) in [7, 11) is 0. The van der Waals surface area contributed by atoms with Gasteiger partial charge in [0, 0.05) is 40.0 Å². The summed E-state index contributed by atoms with van der Waals surface area (Å²) in [6.45, 7) is 2.50. The minimum atomic E-state index is -0.198. The Balaban J connectivity index is 0.981. The molecule has 46 heavy (non-hydrogen) atoms. The van der Waals surface area contributed by atoms with Crippen LogP contribution in [-0.4, -0.2) is 40.4 Å². The summed E-state index contributed by atoms with van der Waals surface area (Å²) < 4.78 is 0. The highest BCUT2D eigenvalue weighted by atomic mass is 32.2. The molecule has 3 aliphatic rings. The number of benzene rings is 3. The fourth-order valence-electron chi connectivity index (χ4n) is 6.02. The molecule has 1 aromatic heterocycles. The molecule has 0 bridgehead atoms. The van der Waals surface area contributed by atoms with Crippen molar-refractivity contribution in [2.75, 3.05) is 27.8 Å². The van der Waals surface area contributed by atoms with Crippen LogP contribution in [0.5, 0.6) is 0 Å². The molecule has 2 unspecified atom stereocenters. The van der Waals surface area contributed by atoms with Crippen molar-refractivity contribution in [3.05, 3.63) is 125 Å². The predicted octanol–water partition coefficient (Wildman–Crippen LogP) is 7.92. The van der Waals surface area contributed by atoms with Crippen LogP contribution in [0.15, 0.2) is 113 Å². The van der Waals surface area contributed by atoms with Crippen molar-refractivity contribution in [3.8, 4) is 6.07 Å². The van der Waals surface area contributed by atoms with Crippen LogP contribution in [0.3, 0.4) is 0 Å². The van der Waals surface area contributed by atoms with E-state index in [1.54, 1.807) is 11.8 Å². The monoisotopic (exact) mass is 661 g/mol. The fraction of sp³-hybridized carbons (Fsp3) is 0.194. The van der Waals surface area contributed by atoms with Gasteiger partial charge in [-0.2, -0.15) is 5.26 Å². The molecule has 0 spiro atoms. The van der Waals surface area contributed by atoms with Gasteiger partial charge in [0.25, 0.3) is 0 Å². The van der Waals surface area contributed by atoms with E-state index in [2.05, 4.69) is 64.1 Å². The van der Waals surface area contributed by atoms with E-state index in [1.807, 2.05) is 65.6 Å². The van der Waals surface area contributed by atoms with Gasteiger partial charge in [-0.25, -0.2) is 4.79 Å². The molecule has 10 heteroatoms. The molecule has 4 aromatic rings. The molecule has 2 N–H and O–H groups in total. The zero-order chi connectivity index (χ0) is 31.5. The topological polar surface area (TPSA) is 88.5 Å². The van der Waals surface area contributed by atoms with Gasteiger partial charge in [0.15, 0.2) is 0 Å². The number of thiophene rings is 1. The van der Waals surface area contributed by atoms with Gasteiger partial charge in [-0.1, -0.05) is 72.8 Å². The third-order valence-corrected chi connectivity index (χ3v) is 11.6. The highest BCUT2D eigenvalue weighted by molar-refractivity contribution is 8.00. The standard InChI is InChI=1S/C36H31N5O2S3/c37-20-28-27-17-18-40(21-24-9-2-1-3-10-24)22-33(27)46-35(28)39-34(42)23-44-26-12-8-11-25(19-26)38-36(43)41-29-13-4-6-15-31(29)45-32-16-7-5-14-30(32)41/h1-16,19,29,31H,17-18,21-23H2,(H,38,43)(H,39,42). The van der Waals surface area contributed by atoms with Crippen LogP contribution in [0, 0.1) is 11.3 Å².